The van der Waals surface area contributed by atoms with Gasteiger partial charge in [-0.1, -0.05) is 17.3 Å². The third kappa shape index (κ3) is 4.48. The smallest absolute Gasteiger partial charge is 0.329 e. The van der Waals surface area contributed by atoms with E-state index >= 15 is 0 Å². The Balaban J connectivity index is 1.80. The first-order chi connectivity index (χ1) is 12.6. The summed E-state index contributed by atoms with van der Waals surface area (Å²) in [6.07, 6.45) is -1.10. The summed E-state index contributed by atoms with van der Waals surface area (Å²) in [4.78, 5) is 6.83. The number of nitrogens with zero attached hydrogens (tertiary/aromatic N) is 4. The van der Waals surface area contributed by atoms with Gasteiger partial charge in [-0.2, -0.15) is 22.5 Å². The van der Waals surface area contributed by atoms with Crippen molar-refractivity contribution in [2.24, 2.45) is 4.36 Å². The molecule has 1 atom stereocenters. The van der Waals surface area contributed by atoms with E-state index in [0.29, 0.717) is 11.3 Å². The minimum absolute atomic E-state index is 0.0142. The normalized spacial score (nSPS) is 14.0. The van der Waals surface area contributed by atoms with Crippen LogP contribution in [0.1, 0.15) is 17.3 Å². The monoisotopic (exact) mass is 400 g/mol. The highest BCUT2D eigenvalue weighted by atomic mass is 32.2. The van der Waals surface area contributed by atoms with E-state index in [0.717, 1.165) is 6.20 Å². The number of hydrogen-bond acceptors (Lipinski definition) is 6. The van der Waals surface area contributed by atoms with Crippen LogP contribution in [0.5, 0.6) is 0 Å². The van der Waals surface area contributed by atoms with Crippen LogP contribution in [0.3, 0.4) is 0 Å². The number of aromatic nitrogens is 3. The van der Waals surface area contributed by atoms with Crippen LogP contribution in [0.25, 0.3) is 0 Å². The molecule has 27 heavy (non-hydrogen) atoms. The number of alkyl halides is 3. The molecule has 142 valence electrons. The average Bonchev–Trinajstić information content (AvgIpc) is 3.05. The topological polar surface area (TPSA) is 81.2 Å². The lowest BCUT2D eigenvalue weighted by Gasteiger charge is -2.06. The molecule has 0 spiro atoms. The van der Waals surface area contributed by atoms with Gasteiger partial charge in [-0.3, -0.25) is 4.98 Å². The molecule has 2 aromatic heterocycles. The van der Waals surface area contributed by atoms with Gasteiger partial charge >= 0.3 is 12.1 Å². The highest BCUT2D eigenvalue weighted by Crippen LogP contribution is 2.28. The quantitative estimate of drug-likeness (QED) is 0.619. The highest BCUT2D eigenvalue weighted by Gasteiger charge is 2.38. The minimum atomic E-state index is -4.70. The van der Waals surface area contributed by atoms with Crippen molar-refractivity contribution in [1.82, 2.24) is 15.1 Å². The van der Waals surface area contributed by atoms with Crippen molar-refractivity contribution in [2.45, 2.75) is 17.5 Å². The molecule has 0 aliphatic rings. The van der Waals surface area contributed by atoms with Crippen molar-refractivity contribution < 1.29 is 26.3 Å². The van der Waals surface area contributed by atoms with Gasteiger partial charge in [0.15, 0.2) is 11.6 Å². The van der Waals surface area contributed by atoms with Gasteiger partial charge in [-0.25, -0.2) is 8.60 Å². The lowest BCUT2D eigenvalue weighted by atomic mass is 10.1. The highest BCUT2D eigenvalue weighted by molar-refractivity contribution is 7.93. The van der Waals surface area contributed by atoms with Crippen molar-refractivity contribution in [3.63, 3.8) is 0 Å². The van der Waals surface area contributed by atoms with E-state index in [4.69, 9.17) is 0 Å². The number of hydrogen-bond donors (Lipinski definition) is 0. The largest absolute Gasteiger partial charge is 0.471 e. The summed E-state index contributed by atoms with van der Waals surface area (Å²) in [5.41, 5.74) is 0.924. The molecule has 0 fully saturated rings. The van der Waals surface area contributed by atoms with Crippen LogP contribution in [0.4, 0.5) is 23.2 Å². The molecule has 0 N–H and O–H groups in total. The second-order valence-electron chi connectivity index (χ2n) is 5.56. The van der Waals surface area contributed by atoms with E-state index < -0.39 is 27.6 Å². The predicted octanol–water partition coefficient (Wildman–Crippen LogP) is 4.00. The first kappa shape index (κ1) is 19.0. The summed E-state index contributed by atoms with van der Waals surface area (Å²) < 4.78 is 72.0. The van der Waals surface area contributed by atoms with Crippen LogP contribution in [0.2, 0.25) is 0 Å². The van der Waals surface area contributed by atoms with Crippen molar-refractivity contribution in [2.75, 3.05) is 6.26 Å². The second kappa shape index (κ2) is 7.06. The number of pyridine rings is 1. The van der Waals surface area contributed by atoms with Crippen LogP contribution < -0.4 is 0 Å². The van der Waals surface area contributed by atoms with Gasteiger partial charge in [-0.05, 0) is 23.8 Å². The summed E-state index contributed by atoms with van der Waals surface area (Å²) in [5, 5.41) is 3.29. The van der Waals surface area contributed by atoms with Gasteiger partial charge in [0, 0.05) is 18.9 Å². The van der Waals surface area contributed by atoms with Crippen molar-refractivity contribution in [3.8, 4) is 0 Å². The van der Waals surface area contributed by atoms with E-state index in [1.807, 2.05) is 0 Å². The van der Waals surface area contributed by atoms with E-state index in [1.165, 1.54) is 30.7 Å². The maximum Gasteiger partial charge on any atom is 0.471 e. The molecule has 6 nitrogen and oxygen atoms in total. The Morgan fingerprint density at radius 3 is 2.48 bits per heavy atom. The van der Waals surface area contributed by atoms with Crippen molar-refractivity contribution >= 4 is 15.4 Å². The van der Waals surface area contributed by atoms with Gasteiger partial charge < -0.3 is 4.52 Å². The standard InChI is InChI=1S/C16H12F4N4O2S/c1-27(25,13-6-7-21-9-12(13)17)24-11-4-2-10(3-5-11)8-14-22-15(26-23-14)16(18,19)20/h2-7,9H,8H2,1H3. The third-order valence-corrected chi connectivity index (χ3v) is 5.14. The van der Waals surface area contributed by atoms with Gasteiger partial charge in [0.2, 0.25) is 0 Å². The molecule has 0 saturated carbocycles. The van der Waals surface area contributed by atoms with Crippen LogP contribution in [0.15, 0.2) is 56.5 Å². The summed E-state index contributed by atoms with van der Waals surface area (Å²) >= 11 is 0. The molecule has 11 heteroatoms. The number of rotatable bonds is 4. The molecule has 0 radical (unpaired) electrons. The van der Waals surface area contributed by atoms with Crippen LogP contribution in [-0.4, -0.2) is 25.6 Å². The van der Waals surface area contributed by atoms with Crippen LogP contribution >= 0.6 is 0 Å². The molecule has 0 aliphatic heterocycles. The number of halogens is 4. The summed E-state index contributed by atoms with van der Waals surface area (Å²) in [6.45, 7) is 0. The Hall–Kier alpha value is -2.82. The molecular formula is C16H12F4N4O2S. The first-order valence-electron chi connectivity index (χ1n) is 7.45. The fourth-order valence-electron chi connectivity index (χ4n) is 2.22. The average molecular weight is 400 g/mol. The van der Waals surface area contributed by atoms with E-state index in [1.54, 1.807) is 12.1 Å². The molecule has 1 aromatic carbocycles. The van der Waals surface area contributed by atoms with Gasteiger partial charge in [-0.15, -0.1) is 0 Å². The molecule has 0 aliphatic carbocycles. The Morgan fingerprint density at radius 2 is 1.89 bits per heavy atom. The maximum absolute atomic E-state index is 13.8. The van der Waals surface area contributed by atoms with Crippen molar-refractivity contribution in [3.05, 3.63) is 65.8 Å². The van der Waals surface area contributed by atoms with Crippen molar-refractivity contribution in [1.29, 1.82) is 0 Å². The SMILES string of the molecule is CS(=O)(=Nc1ccc(Cc2noc(C(F)(F)F)n2)cc1)c1ccncc1F. The molecule has 0 saturated heterocycles. The minimum Gasteiger partial charge on any atom is -0.329 e. The Bertz CT molecular complexity index is 1070. The second-order valence-corrected chi connectivity index (χ2v) is 7.78. The lowest BCUT2D eigenvalue weighted by molar-refractivity contribution is -0.159. The molecule has 3 aromatic rings. The van der Waals surface area contributed by atoms with Crippen LogP contribution in [0, 0.1) is 5.82 Å². The fourth-order valence-corrected chi connectivity index (χ4v) is 3.57. The van der Waals surface area contributed by atoms with Gasteiger partial charge in [0.1, 0.15) is 0 Å². The summed E-state index contributed by atoms with van der Waals surface area (Å²) in [6, 6.07) is 7.47. The lowest BCUT2D eigenvalue weighted by Crippen LogP contribution is -2.05. The zero-order valence-corrected chi connectivity index (χ0v) is 14.6. The van der Waals surface area contributed by atoms with E-state index in [9.17, 15) is 21.8 Å². The van der Waals surface area contributed by atoms with E-state index in [-0.39, 0.29) is 17.1 Å². The number of benzene rings is 1. The van der Waals surface area contributed by atoms with Gasteiger partial charge in [0.05, 0.1) is 26.5 Å². The van der Waals surface area contributed by atoms with E-state index in [2.05, 4.69) is 24.0 Å². The summed E-state index contributed by atoms with van der Waals surface area (Å²) in [5.74, 6) is -2.25. The Kier molecular flexibility index (Phi) is 4.96. The molecule has 3 rings (SSSR count). The predicted molar refractivity (Wildman–Crippen MR) is 87.2 cm³/mol. The Morgan fingerprint density at radius 1 is 1.19 bits per heavy atom. The van der Waals surface area contributed by atoms with Crippen LogP contribution in [-0.2, 0) is 22.3 Å². The first-order valence-corrected chi connectivity index (χ1v) is 9.38. The zero-order chi connectivity index (χ0) is 19.7. The molecule has 0 bridgehead atoms. The maximum atomic E-state index is 13.8. The fraction of sp³-hybridized carbons (Fsp3) is 0.188. The molecule has 2 heterocycles. The third-order valence-electron chi connectivity index (χ3n) is 3.43. The molecule has 0 amide bonds. The van der Waals surface area contributed by atoms with Gasteiger partial charge in [0.25, 0.3) is 0 Å². The Labute approximate surface area is 151 Å². The zero-order valence-electron chi connectivity index (χ0n) is 13.8. The summed E-state index contributed by atoms with van der Waals surface area (Å²) in [7, 11) is -3.03. The molecule has 1 unspecified atom stereocenters. The molecular weight excluding hydrogens is 388 g/mol.